The Hall–Kier alpha value is -1.99. The van der Waals surface area contributed by atoms with Crippen LogP contribution in [0, 0.1) is 5.21 Å². The summed E-state index contributed by atoms with van der Waals surface area (Å²) in [6.45, 7) is 2.17. The zero-order chi connectivity index (χ0) is 14.8. The highest BCUT2D eigenvalue weighted by Crippen LogP contribution is 2.39. The number of rotatable bonds is 3. The first-order valence-electron chi connectivity index (χ1n) is 7.14. The molecule has 7 heteroatoms. The van der Waals surface area contributed by atoms with Gasteiger partial charge >= 0.3 is 0 Å². The fourth-order valence-electron chi connectivity index (χ4n) is 2.50. The summed E-state index contributed by atoms with van der Waals surface area (Å²) in [6.07, 6.45) is 1.79. The van der Waals surface area contributed by atoms with E-state index in [1.807, 2.05) is 31.1 Å². The lowest BCUT2D eigenvalue weighted by Crippen LogP contribution is -2.47. The van der Waals surface area contributed by atoms with E-state index in [0.29, 0.717) is 24.8 Å². The van der Waals surface area contributed by atoms with Crippen molar-refractivity contribution in [3.05, 3.63) is 22.9 Å². The van der Waals surface area contributed by atoms with Crippen LogP contribution in [0.1, 0.15) is 12.0 Å². The molecule has 2 heterocycles. The average Bonchev–Trinajstić information content (AvgIpc) is 2.46. The van der Waals surface area contributed by atoms with E-state index in [-0.39, 0.29) is 0 Å². The van der Waals surface area contributed by atoms with Crippen molar-refractivity contribution < 1.29 is 4.74 Å². The van der Waals surface area contributed by atoms with Gasteiger partial charge in [-0.2, -0.15) is 0 Å². The number of fused-ring (bicyclic) bond motifs is 3. The molecule has 0 saturated heterocycles. The topological polar surface area (TPSA) is 75.2 Å². The predicted molar refractivity (Wildman–Crippen MR) is 83.7 cm³/mol. The van der Waals surface area contributed by atoms with Crippen molar-refractivity contribution in [2.45, 2.75) is 12.8 Å². The highest BCUT2D eigenvalue weighted by Gasteiger charge is 2.23. The minimum Gasteiger partial charge on any atom is -0.739 e. The molecule has 0 aliphatic carbocycles. The monoisotopic (exact) mass is 290 g/mol. The lowest BCUT2D eigenvalue weighted by atomic mass is 10.0. The Labute approximate surface area is 124 Å². The van der Waals surface area contributed by atoms with E-state index in [0.717, 1.165) is 41.6 Å². The van der Waals surface area contributed by atoms with Crippen LogP contribution in [0.5, 0.6) is 5.75 Å². The summed E-state index contributed by atoms with van der Waals surface area (Å²) in [4.78, 5) is 6.41. The van der Waals surface area contributed by atoms with Crippen LogP contribution in [0.3, 0.4) is 0 Å². The van der Waals surface area contributed by atoms with Crippen molar-refractivity contribution in [2.24, 2.45) is 4.99 Å². The molecule has 0 atom stereocenters. The van der Waals surface area contributed by atoms with Crippen molar-refractivity contribution >= 4 is 17.3 Å². The number of ether oxygens (including phenoxy) is 1. The number of nitrogens with one attached hydrogen (secondary N) is 2. The molecule has 2 aliphatic heterocycles. The van der Waals surface area contributed by atoms with E-state index in [4.69, 9.17) is 4.74 Å². The number of guanidine groups is 1. The number of likely N-dealkylation sites (N-methyl/N-ethyl adjacent to an activating group) is 1. The molecule has 3 rings (SSSR count). The summed E-state index contributed by atoms with van der Waals surface area (Å²) in [7, 11) is 3.98. The van der Waals surface area contributed by atoms with Gasteiger partial charge in [0.25, 0.3) is 0 Å². The summed E-state index contributed by atoms with van der Waals surface area (Å²) >= 11 is 0. The quantitative estimate of drug-likeness (QED) is 0.870. The van der Waals surface area contributed by atoms with Crippen LogP contribution >= 0.6 is 0 Å². The Morgan fingerprint density at radius 3 is 3.10 bits per heavy atom. The van der Waals surface area contributed by atoms with Crippen LogP contribution < -0.4 is 20.7 Å². The van der Waals surface area contributed by atoms with Gasteiger partial charge < -0.3 is 25.3 Å². The molecule has 2 aliphatic rings. The van der Waals surface area contributed by atoms with Gasteiger partial charge in [-0.15, -0.1) is 0 Å². The second kappa shape index (κ2) is 5.79. The van der Waals surface area contributed by atoms with E-state index in [1.54, 1.807) is 0 Å². The Morgan fingerprint density at radius 1 is 1.43 bits per heavy atom. The first-order valence-corrected chi connectivity index (χ1v) is 7.14. The zero-order valence-electron chi connectivity index (χ0n) is 12.3. The maximum atomic E-state index is 12.3. The standard InChI is InChI=1S/C14H20N5O2/c1-18(2)8-7-15-14-16-11-5-6-12-10(4-3-9-21-12)13(11)19(20)17-14/h5-6H,3-4,7-9H2,1-2H3,(H2,15,16,17)/q-1. The molecule has 21 heavy (non-hydrogen) atoms. The van der Waals surface area contributed by atoms with Crippen molar-refractivity contribution in [3.63, 3.8) is 0 Å². The van der Waals surface area contributed by atoms with Gasteiger partial charge in [-0.1, -0.05) is 0 Å². The molecule has 114 valence electrons. The van der Waals surface area contributed by atoms with Gasteiger partial charge in [0.15, 0.2) is 0 Å². The van der Waals surface area contributed by atoms with E-state index in [9.17, 15) is 5.21 Å². The summed E-state index contributed by atoms with van der Waals surface area (Å²) < 4.78 is 5.60. The molecule has 2 N–H and O–H groups in total. The third kappa shape index (κ3) is 2.88. The molecule has 0 radical (unpaired) electrons. The minimum absolute atomic E-state index is 0.482. The Balaban J connectivity index is 1.83. The normalized spacial score (nSPS) is 18.7. The third-order valence-electron chi connectivity index (χ3n) is 3.55. The third-order valence-corrected chi connectivity index (χ3v) is 3.55. The highest BCUT2D eigenvalue weighted by atomic mass is 16.5. The van der Waals surface area contributed by atoms with Crippen molar-refractivity contribution in [2.75, 3.05) is 44.3 Å². The molecule has 0 amide bonds. The molecular formula is C14H20N5O2-. The Kier molecular flexibility index (Phi) is 3.85. The minimum atomic E-state index is 0.482. The summed E-state index contributed by atoms with van der Waals surface area (Å²) in [5, 5.41) is 16.2. The van der Waals surface area contributed by atoms with E-state index >= 15 is 0 Å². The maximum absolute atomic E-state index is 12.3. The largest absolute Gasteiger partial charge is 0.739 e. The molecule has 0 spiro atoms. The number of anilines is 2. The van der Waals surface area contributed by atoms with Crippen LogP contribution in [0.2, 0.25) is 0 Å². The summed E-state index contributed by atoms with van der Waals surface area (Å²) in [5.74, 6) is 1.29. The number of benzene rings is 1. The smallest absolute Gasteiger partial charge is 0.214 e. The van der Waals surface area contributed by atoms with Gasteiger partial charge in [-0.25, -0.2) is 0 Å². The second-order valence-corrected chi connectivity index (χ2v) is 5.46. The molecule has 1 aromatic carbocycles. The number of hydrazine groups is 1. The zero-order valence-corrected chi connectivity index (χ0v) is 12.3. The second-order valence-electron chi connectivity index (χ2n) is 5.46. The van der Waals surface area contributed by atoms with Crippen LogP contribution in [-0.2, 0) is 6.42 Å². The van der Waals surface area contributed by atoms with E-state index in [1.165, 1.54) is 0 Å². The SMILES string of the molecule is CN(C)CCN=C1Nc2ccc3c(c2N([O-])N1)CCCO3. The molecule has 0 aromatic heterocycles. The van der Waals surface area contributed by atoms with Gasteiger partial charge in [-0.05, 0) is 39.1 Å². The van der Waals surface area contributed by atoms with Gasteiger partial charge in [0.05, 0.1) is 24.5 Å². The van der Waals surface area contributed by atoms with Crippen LogP contribution in [0.25, 0.3) is 0 Å². The first kappa shape index (κ1) is 14.0. The predicted octanol–water partition coefficient (Wildman–Crippen LogP) is 1.16. The van der Waals surface area contributed by atoms with Crippen molar-refractivity contribution in [3.8, 4) is 5.75 Å². The summed E-state index contributed by atoms with van der Waals surface area (Å²) in [5.41, 5.74) is 5.08. The molecule has 0 unspecified atom stereocenters. The number of hydrogen-bond donors (Lipinski definition) is 2. The van der Waals surface area contributed by atoms with Crippen LogP contribution in [0.4, 0.5) is 11.4 Å². The van der Waals surface area contributed by atoms with Gasteiger partial charge in [-0.3, -0.25) is 10.4 Å². The highest BCUT2D eigenvalue weighted by molar-refractivity contribution is 6.02. The fraction of sp³-hybridized carbons (Fsp3) is 0.500. The average molecular weight is 290 g/mol. The van der Waals surface area contributed by atoms with Crippen LogP contribution in [-0.4, -0.2) is 44.7 Å². The van der Waals surface area contributed by atoms with Gasteiger partial charge in [0.2, 0.25) is 5.96 Å². The maximum Gasteiger partial charge on any atom is 0.214 e. The molecule has 0 bridgehead atoms. The molecular weight excluding hydrogens is 270 g/mol. The summed E-state index contributed by atoms with van der Waals surface area (Å²) in [6, 6.07) is 3.78. The number of nitrogens with zero attached hydrogens (tertiary/aromatic N) is 3. The Morgan fingerprint density at radius 2 is 2.29 bits per heavy atom. The lowest BCUT2D eigenvalue weighted by Gasteiger charge is -2.40. The molecule has 1 aromatic rings. The van der Waals surface area contributed by atoms with Gasteiger partial charge in [0.1, 0.15) is 5.75 Å². The van der Waals surface area contributed by atoms with Gasteiger partial charge in [0, 0.05) is 12.1 Å². The van der Waals surface area contributed by atoms with Crippen LogP contribution in [0.15, 0.2) is 17.1 Å². The molecule has 0 saturated carbocycles. The van der Waals surface area contributed by atoms with Crippen molar-refractivity contribution in [1.82, 2.24) is 10.3 Å². The fourth-order valence-corrected chi connectivity index (χ4v) is 2.50. The number of aliphatic imine (C=N–C) groups is 1. The van der Waals surface area contributed by atoms with E-state index in [2.05, 4.69) is 15.7 Å². The Bertz CT molecular complexity index is 559. The number of hydrogen-bond acceptors (Lipinski definition) is 5. The van der Waals surface area contributed by atoms with Crippen molar-refractivity contribution in [1.29, 1.82) is 0 Å². The lowest BCUT2D eigenvalue weighted by molar-refractivity contribution is 0.288. The van der Waals surface area contributed by atoms with E-state index < -0.39 is 0 Å². The molecule has 7 nitrogen and oxygen atoms in total. The first-order chi connectivity index (χ1) is 10.1. The molecule has 0 fully saturated rings.